The Bertz CT molecular complexity index is 1500. The molecule has 6 amide bonds. The Balaban J connectivity index is 3.43. The molecule has 1 rings (SSSR count). The summed E-state index contributed by atoms with van der Waals surface area (Å²) in [6, 6.07) is -1.68. The van der Waals surface area contributed by atoms with Crippen LogP contribution in [0.15, 0.2) is 18.2 Å². The fourth-order valence-corrected chi connectivity index (χ4v) is 5.60. The van der Waals surface area contributed by atoms with Crippen molar-refractivity contribution in [2.24, 2.45) is 22.9 Å². The maximum absolute atomic E-state index is 14.1. The number of nitrogens with one attached hydrogen (secondary N) is 8. The molecule has 0 aliphatic rings. The molecule has 6 atom stereocenters. The Morgan fingerprint density at radius 1 is 0.796 bits per heavy atom. The van der Waals surface area contributed by atoms with Crippen LogP contribution in [0.3, 0.4) is 0 Å². The summed E-state index contributed by atoms with van der Waals surface area (Å²) in [4.78, 5) is 79.9. The molecule has 0 bridgehead atoms. The van der Waals surface area contributed by atoms with Crippen LogP contribution >= 0.6 is 23.2 Å². The first-order chi connectivity index (χ1) is 25.3. The normalized spacial score (nSPS) is 14.2. The van der Waals surface area contributed by atoms with E-state index in [1.54, 1.807) is 6.07 Å². The number of halogens is 2. The third kappa shape index (κ3) is 16.8. The minimum Gasteiger partial charge on any atom is -0.391 e. The van der Waals surface area contributed by atoms with Gasteiger partial charge >= 0.3 is 0 Å². The van der Waals surface area contributed by atoms with E-state index in [0.717, 1.165) is 4.90 Å². The zero-order chi connectivity index (χ0) is 41.1. The van der Waals surface area contributed by atoms with Crippen LogP contribution in [0, 0.1) is 10.8 Å². The van der Waals surface area contributed by atoms with Gasteiger partial charge in [-0.05, 0) is 63.8 Å². The fraction of sp³-hybridized carbons (Fsp3) is 0.562. The summed E-state index contributed by atoms with van der Waals surface area (Å²) in [6.45, 7) is 1.69. The Morgan fingerprint density at radius 3 is 1.85 bits per heavy atom. The molecule has 0 aromatic heterocycles. The summed E-state index contributed by atoms with van der Waals surface area (Å²) >= 11 is 12.1. The van der Waals surface area contributed by atoms with Gasteiger partial charge in [-0.2, -0.15) is 0 Å². The topological polar surface area (TPSA) is 350 Å². The molecule has 0 aliphatic carbocycles. The van der Waals surface area contributed by atoms with Gasteiger partial charge in [0.05, 0.1) is 16.1 Å². The quantitative estimate of drug-likeness (QED) is 0.0284. The smallest absolute Gasteiger partial charge is 0.245 e. The largest absolute Gasteiger partial charge is 0.391 e. The van der Waals surface area contributed by atoms with Crippen molar-refractivity contribution in [1.29, 1.82) is 10.8 Å². The minimum atomic E-state index is -1.43. The van der Waals surface area contributed by atoms with Crippen molar-refractivity contribution in [3.05, 3.63) is 33.8 Å². The second kappa shape index (κ2) is 23.7. The number of nitrogens with two attached hydrogens (primary N) is 4. The number of aliphatic hydroxyl groups is 1. The highest BCUT2D eigenvalue weighted by molar-refractivity contribution is 6.42. The maximum Gasteiger partial charge on any atom is 0.245 e. The van der Waals surface area contributed by atoms with E-state index in [2.05, 4.69) is 31.9 Å². The molecular formula is C32H53Cl2N13O7. The summed E-state index contributed by atoms with van der Waals surface area (Å²) in [7, 11) is 2.73. The van der Waals surface area contributed by atoms with E-state index in [-0.39, 0.29) is 80.0 Å². The number of amides is 6. The molecule has 54 heavy (non-hydrogen) atoms. The molecule has 20 nitrogen and oxygen atoms in total. The number of nitrogens with zero attached hydrogens (tertiary/aromatic N) is 1. The van der Waals surface area contributed by atoms with Gasteiger partial charge < -0.3 is 64.8 Å². The Morgan fingerprint density at radius 2 is 1.35 bits per heavy atom. The van der Waals surface area contributed by atoms with Crippen molar-refractivity contribution in [2.75, 3.05) is 27.2 Å². The highest BCUT2D eigenvalue weighted by atomic mass is 35.5. The Kier molecular flexibility index (Phi) is 20.7. The lowest BCUT2D eigenvalue weighted by Gasteiger charge is -2.32. The number of hydrogen-bond donors (Lipinski definition) is 13. The van der Waals surface area contributed by atoms with Crippen LogP contribution in [-0.2, 0) is 35.2 Å². The van der Waals surface area contributed by atoms with E-state index in [0.29, 0.717) is 5.56 Å². The van der Waals surface area contributed by atoms with E-state index in [4.69, 9.17) is 57.0 Å². The molecular weight excluding hydrogens is 749 g/mol. The summed E-state index contributed by atoms with van der Waals surface area (Å²) in [6.07, 6.45) is -1.41. The molecule has 1 aromatic carbocycles. The van der Waals surface area contributed by atoms with Crippen LogP contribution in [0.5, 0.6) is 0 Å². The van der Waals surface area contributed by atoms with Crippen LogP contribution in [0.25, 0.3) is 0 Å². The number of aliphatic hydroxyl groups excluding tert-OH is 1. The molecule has 0 radical (unpaired) electrons. The number of likely N-dealkylation sites (N-methyl/N-ethyl adjacent to an activating group) is 2. The summed E-state index contributed by atoms with van der Waals surface area (Å²) in [5, 5.41) is 40.9. The third-order valence-corrected chi connectivity index (χ3v) is 8.90. The number of rotatable bonds is 24. The van der Waals surface area contributed by atoms with Gasteiger partial charge in [0, 0.05) is 33.0 Å². The van der Waals surface area contributed by atoms with Gasteiger partial charge in [-0.25, -0.2) is 0 Å². The van der Waals surface area contributed by atoms with Gasteiger partial charge in [0.15, 0.2) is 11.9 Å². The lowest BCUT2D eigenvalue weighted by molar-refractivity contribution is -0.143. The van der Waals surface area contributed by atoms with Gasteiger partial charge in [-0.1, -0.05) is 29.3 Å². The van der Waals surface area contributed by atoms with Crippen molar-refractivity contribution in [2.45, 2.75) is 88.2 Å². The monoisotopic (exact) mass is 801 g/mol. The molecule has 1 aromatic rings. The number of hydrogen-bond acceptors (Lipinski definition) is 10. The second-order valence-electron chi connectivity index (χ2n) is 12.5. The number of guanidine groups is 2. The minimum absolute atomic E-state index is 0.00217. The van der Waals surface area contributed by atoms with Gasteiger partial charge in [-0.3, -0.25) is 39.6 Å². The van der Waals surface area contributed by atoms with Gasteiger partial charge in [0.1, 0.15) is 30.2 Å². The molecule has 0 unspecified atom stereocenters. The van der Waals surface area contributed by atoms with Crippen LogP contribution in [-0.4, -0.2) is 121 Å². The van der Waals surface area contributed by atoms with Crippen LogP contribution in [0.2, 0.25) is 10.0 Å². The van der Waals surface area contributed by atoms with E-state index >= 15 is 0 Å². The van der Waals surface area contributed by atoms with Crippen LogP contribution < -0.4 is 54.8 Å². The molecule has 22 heteroatoms. The second-order valence-corrected chi connectivity index (χ2v) is 13.3. The van der Waals surface area contributed by atoms with Gasteiger partial charge in [-0.15, -0.1) is 0 Å². The van der Waals surface area contributed by atoms with Crippen molar-refractivity contribution in [3.63, 3.8) is 0 Å². The average Bonchev–Trinajstić information content (AvgIpc) is 3.08. The van der Waals surface area contributed by atoms with Crippen molar-refractivity contribution >= 4 is 70.6 Å². The van der Waals surface area contributed by atoms with E-state index in [9.17, 15) is 33.9 Å². The number of carbonyl (C=O) groups excluding carboxylic acids is 6. The van der Waals surface area contributed by atoms with E-state index in [1.165, 1.54) is 33.2 Å². The SMILES string of the molecule is CN[C@H](C(=O)N[C@@H](CCCNC(=N)N)C(=O)N[C@@H](CCC(N)=O)C(=O)N(C)[C@@H](CCCNC(=N)N)C(=O)N[C@@H](Cc1ccc(Cl)c(Cl)c1)C(N)=O)[C@@H](C)O. The molecule has 0 saturated heterocycles. The van der Waals surface area contributed by atoms with E-state index in [1.807, 2.05) is 0 Å². The first-order valence-electron chi connectivity index (χ1n) is 17.0. The summed E-state index contributed by atoms with van der Waals surface area (Å²) in [5.74, 6) is -5.43. The molecule has 0 heterocycles. The predicted octanol–water partition coefficient (Wildman–Crippen LogP) is -2.94. The fourth-order valence-electron chi connectivity index (χ4n) is 5.28. The Labute approximate surface area is 323 Å². The van der Waals surface area contributed by atoms with Crippen LogP contribution in [0.1, 0.15) is 51.0 Å². The standard InChI is InChI=1S/C32H53Cl2N13O7/c1-16(48)25(41-2)29(53)44-20(6-4-12-42-31(37)38)27(51)45-21(10-11-24(35)49)30(54)47(3)23(7-5-13-43-32(39)40)28(52)46-22(26(36)50)15-17-8-9-18(33)19(34)14-17/h8-9,14,16,20-23,25,41,48H,4-7,10-13,15H2,1-3H3,(H2,35,49)(H2,36,50)(H,44,53)(H,45,51)(H,46,52)(H4,37,38,42)(H4,39,40,43)/t16-,20+,21+,22+,23+,25+/m1/s1. The number of benzene rings is 1. The van der Waals surface area contributed by atoms with Gasteiger partial charge in [0.2, 0.25) is 35.4 Å². The predicted molar refractivity (Wildman–Crippen MR) is 203 cm³/mol. The zero-order valence-electron chi connectivity index (χ0n) is 30.5. The molecule has 0 saturated carbocycles. The lowest BCUT2D eigenvalue weighted by Crippen LogP contribution is -2.60. The maximum atomic E-state index is 14.1. The first kappa shape index (κ1) is 47.1. The number of primary amides is 2. The van der Waals surface area contributed by atoms with Crippen LogP contribution in [0.4, 0.5) is 0 Å². The molecule has 17 N–H and O–H groups in total. The summed E-state index contributed by atoms with van der Waals surface area (Å²) in [5.41, 5.74) is 22.3. The molecule has 0 spiro atoms. The van der Waals surface area contributed by atoms with Gasteiger partial charge in [0.25, 0.3) is 0 Å². The average molecular weight is 803 g/mol. The highest BCUT2D eigenvalue weighted by Crippen LogP contribution is 2.23. The van der Waals surface area contributed by atoms with E-state index < -0.39 is 71.8 Å². The third-order valence-electron chi connectivity index (χ3n) is 8.16. The lowest BCUT2D eigenvalue weighted by atomic mass is 10.0. The van der Waals surface area contributed by atoms with Crippen molar-refractivity contribution in [3.8, 4) is 0 Å². The van der Waals surface area contributed by atoms with Crippen molar-refractivity contribution in [1.82, 2.24) is 36.8 Å². The molecule has 0 aliphatic heterocycles. The zero-order valence-corrected chi connectivity index (χ0v) is 32.0. The molecule has 302 valence electrons. The summed E-state index contributed by atoms with van der Waals surface area (Å²) < 4.78 is 0. The van der Waals surface area contributed by atoms with Crippen molar-refractivity contribution < 1.29 is 33.9 Å². The number of carbonyl (C=O) groups is 6. The molecule has 0 fully saturated rings. The Hall–Kier alpha value is -4.92. The highest BCUT2D eigenvalue weighted by Gasteiger charge is 2.35. The first-order valence-corrected chi connectivity index (χ1v) is 17.7.